The Morgan fingerprint density at radius 2 is 1.95 bits per heavy atom. The monoisotopic (exact) mass is 260 g/mol. The lowest BCUT2D eigenvalue weighted by Crippen LogP contribution is -2.10. The second-order valence-electron chi connectivity index (χ2n) is 4.60. The van der Waals surface area contributed by atoms with Crippen LogP contribution in [0.3, 0.4) is 0 Å². The number of aromatic nitrogens is 3. The molecule has 0 radical (unpaired) electrons. The summed E-state index contributed by atoms with van der Waals surface area (Å²) in [5.41, 5.74) is 2.19. The summed E-state index contributed by atoms with van der Waals surface area (Å²) < 4.78 is 5.57. The van der Waals surface area contributed by atoms with Crippen LogP contribution in [-0.4, -0.2) is 35.9 Å². The normalized spacial score (nSPS) is 12.4. The first-order valence-electron chi connectivity index (χ1n) is 6.43. The molecular weight excluding hydrogens is 240 g/mol. The van der Waals surface area contributed by atoms with Crippen LogP contribution in [0, 0.1) is 0 Å². The van der Waals surface area contributed by atoms with E-state index in [0.29, 0.717) is 5.95 Å². The Kier molecular flexibility index (Phi) is 4.16. The van der Waals surface area contributed by atoms with E-state index in [4.69, 9.17) is 4.74 Å². The van der Waals surface area contributed by atoms with Crippen LogP contribution in [0.15, 0.2) is 24.3 Å². The zero-order chi connectivity index (χ0) is 13.8. The van der Waals surface area contributed by atoms with E-state index in [1.165, 1.54) is 0 Å². The lowest BCUT2D eigenvalue weighted by Gasteiger charge is -2.11. The number of nitrogens with one attached hydrogen (secondary N) is 1. The fraction of sp³-hybridized carbons (Fsp3) is 0.429. The Morgan fingerprint density at radius 1 is 1.26 bits per heavy atom. The van der Waals surface area contributed by atoms with Crippen LogP contribution in [-0.2, 0) is 4.74 Å². The fourth-order valence-electron chi connectivity index (χ4n) is 1.84. The van der Waals surface area contributed by atoms with Crippen molar-refractivity contribution in [2.45, 2.75) is 20.0 Å². The van der Waals surface area contributed by atoms with Crippen molar-refractivity contribution in [3.63, 3.8) is 0 Å². The van der Waals surface area contributed by atoms with Gasteiger partial charge in [-0.3, -0.25) is 5.10 Å². The Labute approximate surface area is 113 Å². The molecule has 5 heteroatoms. The highest BCUT2D eigenvalue weighted by atomic mass is 16.5. The van der Waals surface area contributed by atoms with Crippen LogP contribution < -0.4 is 4.90 Å². The van der Waals surface area contributed by atoms with Crippen molar-refractivity contribution in [3.05, 3.63) is 29.8 Å². The molecule has 0 aliphatic rings. The molecule has 0 fully saturated rings. The number of ether oxygens (including phenoxy) is 1. The smallest absolute Gasteiger partial charge is 0.244 e. The Bertz CT molecular complexity index is 518. The van der Waals surface area contributed by atoms with Crippen LogP contribution >= 0.6 is 0 Å². The van der Waals surface area contributed by atoms with Gasteiger partial charge < -0.3 is 9.64 Å². The Balaban J connectivity index is 2.17. The number of anilines is 1. The average molecular weight is 260 g/mol. The van der Waals surface area contributed by atoms with Gasteiger partial charge in [0.25, 0.3) is 0 Å². The molecule has 2 aromatic rings. The van der Waals surface area contributed by atoms with Gasteiger partial charge in [0.1, 0.15) is 0 Å². The minimum Gasteiger partial charge on any atom is -0.374 e. The minimum atomic E-state index is 0.117. The number of H-pyrrole nitrogens is 1. The highest BCUT2D eigenvalue weighted by Crippen LogP contribution is 2.21. The van der Waals surface area contributed by atoms with Gasteiger partial charge in [-0.1, -0.05) is 24.3 Å². The molecule has 19 heavy (non-hydrogen) atoms. The summed E-state index contributed by atoms with van der Waals surface area (Å²) in [6.45, 7) is 4.77. The quantitative estimate of drug-likeness (QED) is 0.898. The van der Waals surface area contributed by atoms with Crippen molar-refractivity contribution in [1.29, 1.82) is 0 Å². The van der Waals surface area contributed by atoms with E-state index in [1.54, 1.807) is 0 Å². The van der Waals surface area contributed by atoms with E-state index >= 15 is 0 Å². The zero-order valence-corrected chi connectivity index (χ0v) is 11.8. The maximum absolute atomic E-state index is 5.57. The zero-order valence-electron chi connectivity index (χ0n) is 11.8. The molecule has 5 nitrogen and oxygen atoms in total. The minimum absolute atomic E-state index is 0.117. The van der Waals surface area contributed by atoms with Crippen molar-refractivity contribution in [3.8, 4) is 11.4 Å². The number of hydrogen-bond acceptors (Lipinski definition) is 4. The van der Waals surface area contributed by atoms with Crippen molar-refractivity contribution in [2.75, 3.05) is 25.6 Å². The summed E-state index contributed by atoms with van der Waals surface area (Å²) in [5, 5.41) is 7.09. The molecule has 0 aliphatic heterocycles. The second-order valence-corrected chi connectivity index (χ2v) is 4.60. The number of hydrogen-bond donors (Lipinski definition) is 1. The first kappa shape index (κ1) is 13.5. The lowest BCUT2D eigenvalue weighted by molar-refractivity contribution is 0.0764. The van der Waals surface area contributed by atoms with Crippen molar-refractivity contribution >= 4 is 5.95 Å². The molecule has 1 atom stereocenters. The van der Waals surface area contributed by atoms with Crippen LogP contribution in [0.4, 0.5) is 5.95 Å². The average Bonchev–Trinajstić information content (AvgIpc) is 2.89. The summed E-state index contributed by atoms with van der Waals surface area (Å²) in [7, 11) is 3.83. The summed E-state index contributed by atoms with van der Waals surface area (Å²) >= 11 is 0. The van der Waals surface area contributed by atoms with Gasteiger partial charge >= 0.3 is 0 Å². The highest BCUT2D eigenvalue weighted by Gasteiger charge is 2.08. The van der Waals surface area contributed by atoms with Crippen molar-refractivity contribution in [2.24, 2.45) is 0 Å². The molecule has 0 saturated carbocycles. The molecule has 0 amide bonds. The van der Waals surface area contributed by atoms with Gasteiger partial charge in [-0.2, -0.15) is 4.98 Å². The second kappa shape index (κ2) is 5.84. The topological polar surface area (TPSA) is 54.0 Å². The Hall–Kier alpha value is -1.88. The molecule has 1 aromatic heterocycles. The maximum atomic E-state index is 5.57. The molecule has 2 rings (SSSR count). The van der Waals surface area contributed by atoms with Crippen LogP contribution in [0.1, 0.15) is 25.5 Å². The molecule has 0 unspecified atom stereocenters. The van der Waals surface area contributed by atoms with E-state index in [2.05, 4.69) is 34.2 Å². The lowest BCUT2D eigenvalue weighted by atomic mass is 10.1. The third-order valence-corrected chi connectivity index (χ3v) is 2.94. The van der Waals surface area contributed by atoms with Gasteiger partial charge in [0.15, 0.2) is 5.82 Å². The van der Waals surface area contributed by atoms with Gasteiger partial charge in [0.05, 0.1) is 6.10 Å². The molecule has 0 aliphatic carbocycles. The van der Waals surface area contributed by atoms with E-state index in [1.807, 2.05) is 38.1 Å². The van der Waals surface area contributed by atoms with E-state index in [0.717, 1.165) is 23.6 Å². The number of aromatic amines is 1. The largest absolute Gasteiger partial charge is 0.374 e. The van der Waals surface area contributed by atoms with Crippen LogP contribution in [0.5, 0.6) is 0 Å². The van der Waals surface area contributed by atoms with Gasteiger partial charge in [0.2, 0.25) is 5.95 Å². The predicted octanol–water partition coefficient (Wildman–Crippen LogP) is 2.64. The molecule has 0 saturated heterocycles. The van der Waals surface area contributed by atoms with Gasteiger partial charge in [-0.05, 0) is 19.4 Å². The van der Waals surface area contributed by atoms with E-state index in [9.17, 15) is 0 Å². The third-order valence-electron chi connectivity index (χ3n) is 2.94. The SMILES string of the molecule is CCO[C@H](C)c1ccc(-c2nc(N(C)C)n[nH]2)cc1. The van der Waals surface area contributed by atoms with Crippen LogP contribution in [0.25, 0.3) is 11.4 Å². The predicted molar refractivity (Wildman–Crippen MR) is 76.2 cm³/mol. The first-order chi connectivity index (χ1) is 9.11. The van der Waals surface area contributed by atoms with Crippen molar-refractivity contribution in [1.82, 2.24) is 15.2 Å². The maximum Gasteiger partial charge on any atom is 0.244 e. The summed E-state index contributed by atoms with van der Waals surface area (Å²) in [6.07, 6.45) is 0.117. The number of nitrogens with zero attached hydrogens (tertiary/aromatic N) is 3. The Morgan fingerprint density at radius 3 is 2.47 bits per heavy atom. The molecular formula is C14H20N4O. The van der Waals surface area contributed by atoms with Crippen LogP contribution in [0.2, 0.25) is 0 Å². The van der Waals surface area contributed by atoms with Gasteiger partial charge in [-0.15, -0.1) is 5.10 Å². The number of rotatable bonds is 5. The molecule has 0 spiro atoms. The fourth-order valence-corrected chi connectivity index (χ4v) is 1.84. The molecule has 1 heterocycles. The first-order valence-corrected chi connectivity index (χ1v) is 6.43. The molecule has 102 valence electrons. The standard InChI is InChI=1S/C14H20N4O/c1-5-19-10(2)11-6-8-12(9-7-11)13-15-14(17-16-13)18(3)4/h6-10H,5H2,1-4H3,(H,15,16,17)/t10-/m1/s1. The van der Waals surface area contributed by atoms with Crippen molar-refractivity contribution < 1.29 is 4.74 Å². The molecule has 1 N–H and O–H groups in total. The summed E-state index contributed by atoms with van der Waals surface area (Å²) in [4.78, 5) is 6.29. The summed E-state index contributed by atoms with van der Waals surface area (Å²) in [5.74, 6) is 1.46. The van der Waals surface area contributed by atoms with E-state index < -0.39 is 0 Å². The molecule has 1 aromatic carbocycles. The molecule has 0 bridgehead atoms. The van der Waals surface area contributed by atoms with E-state index in [-0.39, 0.29) is 6.10 Å². The highest BCUT2D eigenvalue weighted by molar-refractivity contribution is 5.56. The van der Waals surface area contributed by atoms with Gasteiger partial charge in [-0.25, -0.2) is 0 Å². The third kappa shape index (κ3) is 3.12. The summed E-state index contributed by atoms with van der Waals surface area (Å²) in [6, 6.07) is 8.19. The van der Waals surface area contributed by atoms with Gasteiger partial charge in [0, 0.05) is 26.3 Å². The number of benzene rings is 1.